The Hall–Kier alpha value is -2.44. The summed E-state index contributed by atoms with van der Waals surface area (Å²) in [6.07, 6.45) is 2.11. The molecule has 0 bridgehead atoms. The predicted octanol–water partition coefficient (Wildman–Crippen LogP) is 1.88. The first-order chi connectivity index (χ1) is 12.1. The molecule has 3 rings (SSSR count). The molecule has 1 amide bonds. The van der Waals surface area contributed by atoms with Crippen molar-refractivity contribution in [2.45, 2.75) is 19.8 Å². The molecule has 7 nitrogen and oxygen atoms in total. The molecule has 2 aliphatic rings. The molecule has 1 atom stereocenters. The van der Waals surface area contributed by atoms with Crippen molar-refractivity contribution < 1.29 is 28.5 Å². The van der Waals surface area contributed by atoms with E-state index in [0.29, 0.717) is 42.9 Å². The number of hydrogen-bond acceptors (Lipinski definition) is 6. The van der Waals surface area contributed by atoms with Crippen LogP contribution in [0.3, 0.4) is 0 Å². The molecule has 1 aromatic rings. The lowest BCUT2D eigenvalue weighted by molar-refractivity contribution is -0.136. The first-order valence-electron chi connectivity index (χ1n) is 8.51. The van der Waals surface area contributed by atoms with Crippen LogP contribution >= 0.6 is 0 Å². The van der Waals surface area contributed by atoms with Gasteiger partial charge in [0, 0.05) is 13.1 Å². The van der Waals surface area contributed by atoms with E-state index in [9.17, 15) is 9.59 Å². The standard InChI is InChI=1S/C18H23NO6/c1-12-4-3-5-19(10-12)16(20)11-25-18(21)13-8-14(22-2)17-15(9-13)23-6-7-24-17/h8-9,12H,3-7,10-11H2,1-2H3/t12-/m1/s1. The highest BCUT2D eigenvalue weighted by Gasteiger charge is 2.24. The van der Waals surface area contributed by atoms with Gasteiger partial charge in [0.25, 0.3) is 5.91 Å². The summed E-state index contributed by atoms with van der Waals surface area (Å²) in [5, 5.41) is 0. The van der Waals surface area contributed by atoms with Crippen molar-refractivity contribution in [2.75, 3.05) is 40.0 Å². The van der Waals surface area contributed by atoms with Gasteiger partial charge in [-0.1, -0.05) is 6.92 Å². The molecule has 0 aromatic heterocycles. The van der Waals surface area contributed by atoms with Crippen LogP contribution in [0.1, 0.15) is 30.1 Å². The third-order valence-corrected chi connectivity index (χ3v) is 4.40. The van der Waals surface area contributed by atoms with Crippen LogP contribution in [-0.2, 0) is 9.53 Å². The Morgan fingerprint density at radius 3 is 2.84 bits per heavy atom. The lowest BCUT2D eigenvalue weighted by Gasteiger charge is -2.30. The van der Waals surface area contributed by atoms with Crippen LogP contribution in [0, 0.1) is 5.92 Å². The Morgan fingerprint density at radius 1 is 1.28 bits per heavy atom. The number of fused-ring (bicyclic) bond motifs is 1. The number of piperidine rings is 1. The third kappa shape index (κ3) is 3.97. The summed E-state index contributed by atoms with van der Waals surface area (Å²) in [5.74, 6) is 1.05. The van der Waals surface area contributed by atoms with E-state index in [2.05, 4.69) is 6.92 Å². The summed E-state index contributed by atoms with van der Waals surface area (Å²) in [4.78, 5) is 26.3. The normalized spacial score (nSPS) is 19.3. The van der Waals surface area contributed by atoms with Crippen molar-refractivity contribution in [1.29, 1.82) is 0 Å². The van der Waals surface area contributed by atoms with Crippen molar-refractivity contribution in [1.82, 2.24) is 4.90 Å². The fraction of sp³-hybridized carbons (Fsp3) is 0.556. The summed E-state index contributed by atoms with van der Waals surface area (Å²) < 4.78 is 21.4. The molecule has 1 saturated heterocycles. The highest BCUT2D eigenvalue weighted by molar-refractivity contribution is 5.92. The molecular formula is C18H23NO6. The highest BCUT2D eigenvalue weighted by atomic mass is 16.6. The molecule has 2 aliphatic heterocycles. The van der Waals surface area contributed by atoms with E-state index in [-0.39, 0.29) is 18.1 Å². The van der Waals surface area contributed by atoms with E-state index >= 15 is 0 Å². The fourth-order valence-electron chi connectivity index (χ4n) is 3.11. The third-order valence-electron chi connectivity index (χ3n) is 4.40. The van der Waals surface area contributed by atoms with Gasteiger partial charge in [0.15, 0.2) is 18.1 Å². The van der Waals surface area contributed by atoms with Gasteiger partial charge in [-0.3, -0.25) is 4.79 Å². The number of benzene rings is 1. The molecule has 0 N–H and O–H groups in total. The van der Waals surface area contributed by atoms with Crippen molar-refractivity contribution in [3.8, 4) is 17.2 Å². The second kappa shape index (κ2) is 7.63. The number of methoxy groups -OCH3 is 1. The van der Waals surface area contributed by atoms with Crippen LogP contribution in [0.2, 0.25) is 0 Å². The molecule has 0 unspecified atom stereocenters. The number of carbonyl (C=O) groups is 2. The minimum absolute atomic E-state index is 0.163. The average Bonchev–Trinajstić information content (AvgIpc) is 2.64. The molecule has 2 heterocycles. The van der Waals surface area contributed by atoms with Gasteiger partial charge in [0.05, 0.1) is 12.7 Å². The van der Waals surface area contributed by atoms with Crippen LogP contribution in [-0.4, -0.2) is 56.8 Å². The first-order valence-corrected chi connectivity index (χ1v) is 8.51. The van der Waals surface area contributed by atoms with E-state index < -0.39 is 5.97 Å². The molecule has 25 heavy (non-hydrogen) atoms. The van der Waals surface area contributed by atoms with Crippen molar-refractivity contribution in [3.05, 3.63) is 17.7 Å². The molecule has 7 heteroatoms. The summed E-state index contributed by atoms with van der Waals surface area (Å²) in [6.45, 7) is 4.12. The zero-order valence-electron chi connectivity index (χ0n) is 14.6. The number of nitrogens with zero attached hydrogens (tertiary/aromatic N) is 1. The molecule has 0 spiro atoms. The SMILES string of the molecule is COc1cc(C(=O)OCC(=O)N2CCC[C@@H](C)C2)cc2c1OCCO2. The Kier molecular flexibility index (Phi) is 5.31. The van der Waals surface area contributed by atoms with Gasteiger partial charge in [-0.15, -0.1) is 0 Å². The summed E-state index contributed by atoms with van der Waals surface area (Å²) in [5.41, 5.74) is 0.265. The van der Waals surface area contributed by atoms with E-state index in [1.54, 1.807) is 11.0 Å². The smallest absolute Gasteiger partial charge is 0.338 e. The van der Waals surface area contributed by atoms with Crippen LogP contribution in [0.25, 0.3) is 0 Å². The van der Waals surface area contributed by atoms with E-state index in [1.165, 1.54) is 13.2 Å². The Balaban J connectivity index is 1.64. The van der Waals surface area contributed by atoms with Gasteiger partial charge >= 0.3 is 5.97 Å². The molecule has 1 fully saturated rings. The number of ether oxygens (including phenoxy) is 4. The lowest BCUT2D eigenvalue weighted by atomic mass is 10.0. The quantitative estimate of drug-likeness (QED) is 0.773. The molecule has 136 valence electrons. The summed E-state index contributed by atoms with van der Waals surface area (Å²) in [6, 6.07) is 3.08. The maximum absolute atomic E-state index is 12.3. The van der Waals surface area contributed by atoms with Crippen LogP contribution in [0.5, 0.6) is 17.2 Å². The second-order valence-corrected chi connectivity index (χ2v) is 6.37. The fourth-order valence-corrected chi connectivity index (χ4v) is 3.11. The Labute approximate surface area is 146 Å². The number of rotatable bonds is 4. The highest BCUT2D eigenvalue weighted by Crippen LogP contribution is 2.40. The van der Waals surface area contributed by atoms with Crippen LogP contribution in [0.4, 0.5) is 0 Å². The molecule has 0 saturated carbocycles. The van der Waals surface area contributed by atoms with Crippen LogP contribution < -0.4 is 14.2 Å². The van der Waals surface area contributed by atoms with Crippen LogP contribution in [0.15, 0.2) is 12.1 Å². The van der Waals surface area contributed by atoms with Gasteiger partial charge in [0.2, 0.25) is 5.75 Å². The molecule has 0 radical (unpaired) electrons. The van der Waals surface area contributed by atoms with Crippen molar-refractivity contribution in [3.63, 3.8) is 0 Å². The topological polar surface area (TPSA) is 74.3 Å². The molecular weight excluding hydrogens is 326 g/mol. The zero-order chi connectivity index (χ0) is 17.8. The lowest BCUT2D eigenvalue weighted by Crippen LogP contribution is -2.41. The number of amides is 1. The van der Waals surface area contributed by atoms with E-state index in [1.807, 2.05) is 0 Å². The second-order valence-electron chi connectivity index (χ2n) is 6.37. The number of carbonyl (C=O) groups excluding carboxylic acids is 2. The number of hydrogen-bond donors (Lipinski definition) is 0. The van der Waals surface area contributed by atoms with Gasteiger partial charge in [-0.2, -0.15) is 0 Å². The first kappa shape index (κ1) is 17.4. The Bertz CT molecular complexity index is 642. The van der Waals surface area contributed by atoms with Gasteiger partial charge in [0.1, 0.15) is 13.2 Å². The maximum Gasteiger partial charge on any atom is 0.338 e. The van der Waals surface area contributed by atoms with Crippen molar-refractivity contribution >= 4 is 11.9 Å². The van der Waals surface area contributed by atoms with E-state index in [0.717, 1.165) is 19.4 Å². The molecule has 0 aliphatic carbocycles. The zero-order valence-corrected chi connectivity index (χ0v) is 14.6. The predicted molar refractivity (Wildman–Crippen MR) is 89.2 cm³/mol. The van der Waals surface area contributed by atoms with Gasteiger partial charge in [-0.25, -0.2) is 4.79 Å². The van der Waals surface area contributed by atoms with Gasteiger partial charge < -0.3 is 23.8 Å². The minimum atomic E-state index is -0.589. The number of likely N-dealkylation sites (tertiary alicyclic amines) is 1. The monoisotopic (exact) mass is 349 g/mol. The Morgan fingerprint density at radius 2 is 2.08 bits per heavy atom. The maximum atomic E-state index is 12.3. The molecule has 1 aromatic carbocycles. The largest absolute Gasteiger partial charge is 0.493 e. The summed E-state index contributed by atoms with van der Waals surface area (Å²) in [7, 11) is 1.49. The van der Waals surface area contributed by atoms with Crippen molar-refractivity contribution in [2.24, 2.45) is 5.92 Å². The summed E-state index contributed by atoms with van der Waals surface area (Å²) >= 11 is 0. The van der Waals surface area contributed by atoms with Gasteiger partial charge in [-0.05, 0) is 30.9 Å². The average molecular weight is 349 g/mol. The van der Waals surface area contributed by atoms with E-state index in [4.69, 9.17) is 18.9 Å². The number of esters is 1. The minimum Gasteiger partial charge on any atom is -0.493 e.